The molecule has 0 saturated heterocycles. The van der Waals surface area contributed by atoms with Gasteiger partial charge in [0.25, 0.3) is 5.56 Å². The summed E-state index contributed by atoms with van der Waals surface area (Å²) < 4.78 is 1.58. The van der Waals surface area contributed by atoms with Crippen molar-refractivity contribution in [1.29, 1.82) is 0 Å². The summed E-state index contributed by atoms with van der Waals surface area (Å²) >= 11 is 1.61. The van der Waals surface area contributed by atoms with Crippen molar-refractivity contribution in [2.45, 2.75) is 53.0 Å². The molecule has 0 unspecified atom stereocenters. The Hall–Kier alpha value is -2.08. The van der Waals surface area contributed by atoms with E-state index < -0.39 is 0 Å². The first-order chi connectivity index (χ1) is 12.4. The van der Waals surface area contributed by atoms with E-state index in [0.717, 1.165) is 33.1 Å². The van der Waals surface area contributed by atoms with Crippen molar-refractivity contribution in [2.24, 2.45) is 5.92 Å². The molecule has 3 rings (SSSR count). The predicted octanol–water partition coefficient (Wildman–Crippen LogP) is 4.17. The first-order valence-corrected chi connectivity index (χ1v) is 10.0. The number of carbonyl (C=O) groups is 1. The highest BCUT2D eigenvalue weighted by Gasteiger charge is 2.26. The second-order valence-electron chi connectivity index (χ2n) is 7.28. The normalized spacial score (nSPS) is 14.7. The number of allylic oxidation sites excluding steroid dienone is 1. The molecule has 2 aromatic rings. The van der Waals surface area contributed by atoms with Crippen LogP contribution in [0, 0.1) is 12.8 Å². The number of rotatable bonds is 6. The third-order valence-electron chi connectivity index (χ3n) is 5.22. The first-order valence-electron chi connectivity index (χ1n) is 9.19. The third-order valence-corrected chi connectivity index (χ3v) is 6.52. The number of amides is 1. The molecule has 2 aromatic heterocycles. The molecule has 1 fully saturated rings. The molecule has 0 aromatic carbocycles. The summed E-state index contributed by atoms with van der Waals surface area (Å²) in [5.41, 5.74) is 3.07. The zero-order chi connectivity index (χ0) is 18.8. The van der Waals surface area contributed by atoms with Gasteiger partial charge in [0.15, 0.2) is 0 Å². The zero-order valence-corrected chi connectivity index (χ0v) is 16.6. The molecule has 0 bridgehead atoms. The van der Waals surface area contributed by atoms with E-state index in [9.17, 15) is 9.59 Å². The minimum atomic E-state index is -0.0504. The summed E-state index contributed by atoms with van der Waals surface area (Å²) in [6.45, 7) is 11.1. The van der Waals surface area contributed by atoms with E-state index in [-0.39, 0.29) is 11.5 Å². The van der Waals surface area contributed by atoms with E-state index in [1.807, 2.05) is 11.8 Å². The van der Waals surface area contributed by atoms with Gasteiger partial charge in [0.1, 0.15) is 5.00 Å². The van der Waals surface area contributed by atoms with Crippen LogP contribution in [-0.2, 0) is 11.3 Å². The van der Waals surface area contributed by atoms with Crippen LogP contribution < -0.4 is 10.5 Å². The van der Waals surface area contributed by atoms with E-state index in [4.69, 9.17) is 0 Å². The highest BCUT2D eigenvalue weighted by Crippen LogP contribution is 2.41. The quantitative estimate of drug-likeness (QED) is 0.826. The third kappa shape index (κ3) is 3.70. The fourth-order valence-corrected chi connectivity index (χ4v) is 5.24. The van der Waals surface area contributed by atoms with Crippen LogP contribution >= 0.6 is 11.3 Å². The van der Waals surface area contributed by atoms with Crippen LogP contribution in [0.5, 0.6) is 0 Å². The lowest BCUT2D eigenvalue weighted by Gasteiger charge is -2.24. The topological polar surface area (TPSA) is 58.1 Å². The molecule has 1 aliphatic carbocycles. The lowest BCUT2D eigenvalue weighted by molar-refractivity contribution is -0.116. The number of nitrogens with one attached hydrogen (secondary N) is 1. The van der Waals surface area contributed by atoms with Crippen molar-refractivity contribution in [3.63, 3.8) is 0 Å². The Morgan fingerprint density at radius 3 is 2.62 bits per heavy atom. The summed E-state index contributed by atoms with van der Waals surface area (Å²) in [6.07, 6.45) is 6.55. The second kappa shape index (κ2) is 7.66. The van der Waals surface area contributed by atoms with Gasteiger partial charge in [-0.2, -0.15) is 0 Å². The van der Waals surface area contributed by atoms with Crippen molar-refractivity contribution in [2.75, 3.05) is 11.4 Å². The maximum Gasteiger partial charge on any atom is 0.266 e. The highest BCUT2D eigenvalue weighted by atomic mass is 32.1. The molecule has 5 nitrogen and oxygen atoms in total. The Morgan fingerprint density at radius 1 is 1.38 bits per heavy atom. The van der Waals surface area contributed by atoms with Crippen LogP contribution in [0.25, 0.3) is 5.57 Å². The first kappa shape index (κ1) is 18.7. The van der Waals surface area contributed by atoms with Crippen LogP contribution in [0.2, 0.25) is 0 Å². The molecular weight excluding hydrogens is 346 g/mol. The number of thiophene rings is 1. The lowest BCUT2D eigenvalue weighted by Crippen LogP contribution is -2.32. The standard InChI is InChI=1S/C20H27N3O2S/c1-13(2)19-14(3)17(12-23-18(25)9-10-21-23)26-20(19)22(15(4)24)11-16-7-5-6-8-16/h9-10,16,21H,1,5-8,11-12H2,2-4H3. The van der Waals surface area contributed by atoms with Crippen LogP contribution in [-0.4, -0.2) is 22.2 Å². The Balaban J connectivity index is 1.99. The molecule has 1 aliphatic rings. The van der Waals surface area contributed by atoms with Crippen molar-refractivity contribution < 1.29 is 4.79 Å². The SMILES string of the molecule is C=C(C)c1c(N(CC2CCCC2)C(C)=O)sc(Cn2[nH]ccc2=O)c1C. The molecule has 140 valence electrons. The number of anilines is 1. The van der Waals surface area contributed by atoms with Gasteiger partial charge in [-0.1, -0.05) is 19.4 Å². The van der Waals surface area contributed by atoms with Crippen molar-refractivity contribution >= 4 is 27.8 Å². The summed E-state index contributed by atoms with van der Waals surface area (Å²) in [4.78, 5) is 27.3. The summed E-state index contributed by atoms with van der Waals surface area (Å²) in [6, 6.07) is 1.52. The van der Waals surface area contributed by atoms with Gasteiger partial charge in [0.05, 0.1) is 6.54 Å². The Labute approximate surface area is 158 Å². The van der Waals surface area contributed by atoms with Gasteiger partial charge >= 0.3 is 0 Å². The Kier molecular flexibility index (Phi) is 5.51. The van der Waals surface area contributed by atoms with Gasteiger partial charge < -0.3 is 10.00 Å². The van der Waals surface area contributed by atoms with Crippen LogP contribution in [0.15, 0.2) is 23.6 Å². The number of carbonyl (C=O) groups excluding carboxylic acids is 1. The molecular formula is C20H27N3O2S. The molecule has 0 atom stereocenters. The number of H-pyrrole nitrogens is 1. The maximum atomic E-state index is 12.4. The smallest absolute Gasteiger partial charge is 0.266 e. The molecule has 1 N–H and O–H groups in total. The molecule has 0 spiro atoms. The van der Waals surface area contributed by atoms with Crippen molar-refractivity contribution in [3.8, 4) is 0 Å². The van der Waals surface area contributed by atoms with E-state index in [1.54, 1.807) is 29.1 Å². The largest absolute Gasteiger partial charge is 0.303 e. The molecule has 1 saturated carbocycles. The fraction of sp³-hybridized carbons (Fsp3) is 0.500. The van der Waals surface area contributed by atoms with Crippen molar-refractivity contribution in [3.05, 3.63) is 45.2 Å². The van der Waals surface area contributed by atoms with Gasteiger partial charge in [-0.25, -0.2) is 4.68 Å². The minimum absolute atomic E-state index is 0.0504. The average molecular weight is 374 g/mol. The number of aromatic nitrogens is 2. The van der Waals surface area contributed by atoms with Gasteiger partial charge in [-0.15, -0.1) is 11.3 Å². The molecule has 2 heterocycles. The number of hydrogen-bond acceptors (Lipinski definition) is 3. The monoisotopic (exact) mass is 373 g/mol. The van der Waals surface area contributed by atoms with E-state index >= 15 is 0 Å². The van der Waals surface area contributed by atoms with Gasteiger partial charge in [0.2, 0.25) is 5.91 Å². The molecule has 1 amide bonds. The Morgan fingerprint density at radius 2 is 2.08 bits per heavy atom. The summed E-state index contributed by atoms with van der Waals surface area (Å²) in [7, 11) is 0. The van der Waals surface area contributed by atoms with Crippen LogP contribution in [0.4, 0.5) is 5.00 Å². The summed E-state index contributed by atoms with van der Waals surface area (Å²) in [5, 5.41) is 3.93. The fourth-order valence-electron chi connectivity index (χ4n) is 3.81. The summed E-state index contributed by atoms with van der Waals surface area (Å²) in [5.74, 6) is 0.651. The van der Waals surface area contributed by atoms with Crippen LogP contribution in [0.3, 0.4) is 0 Å². The molecule has 0 radical (unpaired) electrons. The maximum absolute atomic E-state index is 12.4. The number of hydrogen-bond donors (Lipinski definition) is 1. The van der Waals surface area contributed by atoms with Crippen LogP contribution in [0.1, 0.15) is 55.5 Å². The van der Waals surface area contributed by atoms with Crippen molar-refractivity contribution in [1.82, 2.24) is 9.78 Å². The second-order valence-corrected chi connectivity index (χ2v) is 8.36. The van der Waals surface area contributed by atoms with E-state index in [1.165, 1.54) is 31.7 Å². The predicted molar refractivity (Wildman–Crippen MR) is 108 cm³/mol. The lowest BCUT2D eigenvalue weighted by atomic mass is 10.0. The van der Waals surface area contributed by atoms with Gasteiger partial charge in [-0.05, 0) is 43.7 Å². The molecule has 6 heteroatoms. The average Bonchev–Trinajstić information content (AvgIpc) is 3.28. The Bertz CT molecular complexity index is 868. The van der Waals surface area contributed by atoms with Gasteiger partial charge in [-0.3, -0.25) is 9.59 Å². The van der Waals surface area contributed by atoms with E-state index in [0.29, 0.717) is 12.5 Å². The molecule has 26 heavy (non-hydrogen) atoms. The molecule has 0 aliphatic heterocycles. The van der Waals surface area contributed by atoms with Gasteiger partial charge in [0, 0.05) is 36.2 Å². The zero-order valence-electron chi connectivity index (χ0n) is 15.8. The highest BCUT2D eigenvalue weighted by molar-refractivity contribution is 7.16. The number of aromatic amines is 1. The minimum Gasteiger partial charge on any atom is -0.303 e. The van der Waals surface area contributed by atoms with E-state index in [2.05, 4.69) is 18.6 Å². The number of nitrogens with zero attached hydrogens (tertiary/aromatic N) is 2.